The van der Waals surface area contributed by atoms with Gasteiger partial charge in [-0.25, -0.2) is 9.18 Å². The number of ether oxygens (including phenoxy) is 3. The molecule has 2 atom stereocenters. The molecule has 0 unspecified atom stereocenters. The zero-order valence-electron chi connectivity index (χ0n) is 15.0. The molecule has 9 heteroatoms. The van der Waals surface area contributed by atoms with Gasteiger partial charge in [-0.2, -0.15) is 11.8 Å². The van der Waals surface area contributed by atoms with E-state index < -0.39 is 12.2 Å². The summed E-state index contributed by atoms with van der Waals surface area (Å²) < 4.78 is 30.7. The van der Waals surface area contributed by atoms with E-state index in [1.165, 1.54) is 18.1 Å². The van der Waals surface area contributed by atoms with Crippen molar-refractivity contribution in [1.82, 2.24) is 0 Å². The average molecular weight is 396 g/mol. The molecule has 0 aromatic heterocycles. The molecule has 1 amide bonds. The second kappa shape index (κ2) is 7.46. The lowest BCUT2D eigenvalue weighted by Crippen LogP contribution is -2.44. The van der Waals surface area contributed by atoms with Crippen molar-refractivity contribution in [1.29, 1.82) is 0 Å². The highest BCUT2D eigenvalue weighted by molar-refractivity contribution is 7.99. The number of rotatable bonds is 4. The monoisotopic (exact) mass is 396 g/mol. The molecule has 1 aromatic rings. The van der Waals surface area contributed by atoms with Crippen LogP contribution in [-0.4, -0.2) is 62.5 Å². The first kappa shape index (κ1) is 18.2. The normalized spacial score (nSPS) is 24.0. The Balaban J connectivity index is 1.57. The Kier molecular flexibility index (Phi) is 5.03. The molecule has 2 fully saturated rings. The van der Waals surface area contributed by atoms with E-state index in [1.807, 2.05) is 16.7 Å². The van der Waals surface area contributed by atoms with Crippen molar-refractivity contribution in [3.05, 3.63) is 17.9 Å². The predicted octanol–water partition coefficient (Wildman–Crippen LogP) is 2.42. The van der Waals surface area contributed by atoms with Crippen molar-refractivity contribution in [2.75, 3.05) is 48.1 Å². The van der Waals surface area contributed by atoms with E-state index >= 15 is 0 Å². The van der Waals surface area contributed by atoms with Crippen LogP contribution in [0.5, 0.6) is 5.75 Å². The molecule has 146 valence electrons. The maximum atomic E-state index is 14.8. The second-order valence-corrected chi connectivity index (χ2v) is 7.88. The maximum absolute atomic E-state index is 14.8. The van der Waals surface area contributed by atoms with Gasteiger partial charge in [-0.1, -0.05) is 0 Å². The summed E-state index contributed by atoms with van der Waals surface area (Å²) in [5.41, 5.74) is 0.881. The molecule has 7 nitrogen and oxygen atoms in total. The number of benzene rings is 1. The van der Waals surface area contributed by atoms with Crippen LogP contribution >= 0.6 is 11.8 Å². The molecule has 0 saturated carbocycles. The van der Waals surface area contributed by atoms with Crippen molar-refractivity contribution >= 4 is 35.2 Å². The molecular weight excluding hydrogens is 375 g/mol. The Morgan fingerprint density at radius 1 is 1.33 bits per heavy atom. The van der Waals surface area contributed by atoms with Gasteiger partial charge in [0.15, 0.2) is 0 Å². The van der Waals surface area contributed by atoms with Gasteiger partial charge in [-0.05, 0) is 6.42 Å². The van der Waals surface area contributed by atoms with Gasteiger partial charge < -0.3 is 19.1 Å². The van der Waals surface area contributed by atoms with Crippen LogP contribution in [0.2, 0.25) is 0 Å². The highest BCUT2D eigenvalue weighted by Gasteiger charge is 2.46. The SMILES string of the molecule is COC(=O)CC[C@H]1OC(=O)N2c3cc(F)c(N4CCSCC4)cc3OC[C@H]12. The number of fused-ring (bicyclic) bond motifs is 3. The first-order chi connectivity index (χ1) is 13.1. The van der Waals surface area contributed by atoms with E-state index in [0.29, 0.717) is 23.5 Å². The third kappa shape index (κ3) is 3.40. The summed E-state index contributed by atoms with van der Waals surface area (Å²) in [4.78, 5) is 27.2. The van der Waals surface area contributed by atoms with E-state index in [1.54, 1.807) is 6.07 Å². The summed E-state index contributed by atoms with van der Waals surface area (Å²) in [5, 5.41) is 0. The van der Waals surface area contributed by atoms with Gasteiger partial charge in [0.25, 0.3) is 0 Å². The predicted molar refractivity (Wildman–Crippen MR) is 99.2 cm³/mol. The molecule has 4 rings (SSSR count). The minimum Gasteiger partial charge on any atom is -0.489 e. The molecule has 1 aromatic carbocycles. The highest BCUT2D eigenvalue weighted by atomic mass is 32.2. The number of thioether (sulfide) groups is 1. The fraction of sp³-hybridized carbons (Fsp3) is 0.556. The molecule has 3 aliphatic rings. The molecule has 3 aliphatic heterocycles. The lowest BCUT2D eigenvalue weighted by molar-refractivity contribution is -0.141. The van der Waals surface area contributed by atoms with Crippen LogP contribution in [0.4, 0.5) is 20.6 Å². The van der Waals surface area contributed by atoms with E-state index in [9.17, 15) is 14.0 Å². The molecule has 3 heterocycles. The fourth-order valence-corrected chi connectivity index (χ4v) is 4.60. The smallest absolute Gasteiger partial charge is 0.415 e. The first-order valence-corrected chi connectivity index (χ1v) is 10.1. The van der Waals surface area contributed by atoms with Crippen LogP contribution < -0.4 is 14.5 Å². The largest absolute Gasteiger partial charge is 0.489 e. The minimum atomic E-state index is -0.541. The number of halogens is 1. The van der Waals surface area contributed by atoms with E-state index in [4.69, 9.17) is 9.47 Å². The van der Waals surface area contributed by atoms with E-state index in [0.717, 1.165) is 24.6 Å². The van der Waals surface area contributed by atoms with Crippen molar-refractivity contribution in [2.45, 2.75) is 25.0 Å². The van der Waals surface area contributed by atoms with Gasteiger partial charge in [-0.3, -0.25) is 9.69 Å². The van der Waals surface area contributed by atoms with Gasteiger partial charge in [0.2, 0.25) is 0 Å². The minimum absolute atomic E-state index is 0.145. The molecule has 0 bridgehead atoms. The molecular formula is C18H21FN2O5S. The number of hydrogen-bond acceptors (Lipinski definition) is 7. The molecule has 0 N–H and O–H groups in total. The van der Waals surface area contributed by atoms with Gasteiger partial charge >= 0.3 is 12.1 Å². The Labute approximate surface area is 160 Å². The lowest BCUT2D eigenvalue weighted by atomic mass is 10.0. The number of carbonyl (C=O) groups excluding carboxylic acids is 2. The summed E-state index contributed by atoms with van der Waals surface area (Å²) in [6.45, 7) is 1.81. The van der Waals surface area contributed by atoms with Gasteiger partial charge in [0, 0.05) is 43.1 Å². The lowest BCUT2D eigenvalue weighted by Gasteiger charge is -2.34. The average Bonchev–Trinajstić information content (AvgIpc) is 3.02. The van der Waals surface area contributed by atoms with E-state index in [2.05, 4.69) is 4.74 Å². The number of carbonyl (C=O) groups is 2. The third-order valence-electron chi connectivity index (χ3n) is 5.12. The number of nitrogens with zero attached hydrogens (tertiary/aromatic N) is 2. The van der Waals surface area contributed by atoms with Crippen molar-refractivity contribution in [3.63, 3.8) is 0 Å². The van der Waals surface area contributed by atoms with E-state index in [-0.39, 0.29) is 30.9 Å². The van der Waals surface area contributed by atoms with Gasteiger partial charge in [-0.15, -0.1) is 0 Å². The van der Waals surface area contributed by atoms with Crippen LogP contribution in [0.1, 0.15) is 12.8 Å². The molecule has 2 saturated heterocycles. The van der Waals surface area contributed by atoms with Crippen LogP contribution in [0.3, 0.4) is 0 Å². The summed E-state index contributed by atoms with van der Waals surface area (Å²) in [6, 6.07) is 2.64. The maximum Gasteiger partial charge on any atom is 0.415 e. The number of cyclic esters (lactones) is 1. The zero-order valence-corrected chi connectivity index (χ0v) is 15.8. The summed E-state index contributed by atoms with van der Waals surface area (Å²) in [7, 11) is 1.32. The molecule has 0 radical (unpaired) electrons. The Bertz CT molecular complexity index is 756. The van der Waals surface area contributed by atoms with Crippen LogP contribution in [0, 0.1) is 5.82 Å². The topological polar surface area (TPSA) is 68.3 Å². The summed E-state index contributed by atoms with van der Waals surface area (Å²) in [6.07, 6.45) is -0.552. The molecule has 0 aliphatic carbocycles. The summed E-state index contributed by atoms with van der Waals surface area (Å²) >= 11 is 1.85. The Morgan fingerprint density at radius 2 is 2.11 bits per heavy atom. The number of anilines is 2. The first-order valence-electron chi connectivity index (χ1n) is 8.94. The van der Waals surface area contributed by atoms with Crippen LogP contribution in [0.25, 0.3) is 0 Å². The standard InChI is InChI=1S/C18H21FN2O5S/c1-24-17(22)3-2-15-14-10-25-16-9-12(20-4-6-27-7-5-20)11(19)8-13(16)21(14)18(23)26-15/h8-9,14-15H,2-7,10H2,1H3/t14-,15-/m1/s1. The number of methoxy groups -OCH3 is 1. The zero-order chi connectivity index (χ0) is 19.0. The van der Waals surface area contributed by atoms with Crippen LogP contribution in [-0.2, 0) is 14.3 Å². The Morgan fingerprint density at radius 3 is 2.85 bits per heavy atom. The summed E-state index contributed by atoms with van der Waals surface area (Å²) in [5.74, 6) is 1.65. The van der Waals surface area contributed by atoms with Crippen molar-refractivity contribution in [3.8, 4) is 5.75 Å². The Hall–Kier alpha value is -2.16. The fourth-order valence-electron chi connectivity index (χ4n) is 3.70. The van der Waals surface area contributed by atoms with Gasteiger partial charge in [0.05, 0.1) is 18.5 Å². The van der Waals surface area contributed by atoms with Crippen LogP contribution in [0.15, 0.2) is 12.1 Å². The third-order valence-corrected chi connectivity index (χ3v) is 6.06. The molecule has 0 spiro atoms. The second-order valence-electron chi connectivity index (χ2n) is 6.66. The van der Waals surface area contributed by atoms with Gasteiger partial charge in [0.1, 0.15) is 30.3 Å². The molecule has 27 heavy (non-hydrogen) atoms. The van der Waals surface area contributed by atoms with Crippen molar-refractivity contribution in [2.24, 2.45) is 0 Å². The number of esters is 1. The number of amides is 1. The quantitative estimate of drug-likeness (QED) is 0.724. The highest BCUT2D eigenvalue weighted by Crippen LogP contribution is 2.43. The van der Waals surface area contributed by atoms with Crippen molar-refractivity contribution < 1.29 is 28.2 Å². The number of hydrogen-bond donors (Lipinski definition) is 0.